The predicted molar refractivity (Wildman–Crippen MR) is 55.8 cm³/mol. The van der Waals surface area contributed by atoms with Gasteiger partial charge in [-0.25, -0.2) is 4.39 Å². The van der Waals surface area contributed by atoms with Crippen molar-refractivity contribution in [3.63, 3.8) is 0 Å². The molecule has 4 heteroatoms. The Morgan fingerprint density at radius 1 is 1.62 bits per heavy atom. The number of benzene rings is 1. The Kier molecular flexibility index (Phi) is 3.93. The van der Waals surface area contributed by atoms with E-state index in [1.807, 2.05) is 6.26 Å². The van der Waals surface area contributed by atoms with Crippen LogP contribution in [0.25, 0.3) is 0 Å². The van der Waals surface area contributed by atoms with E-state index in [9.17, 15) is 9.18 Å². The maximum absolute atomic E-state index is 13.2. The third-order valence-electron chi connectivity index (χ3n) is 1.56. The highest BCUT2D eigenvalue weighted by molar-refractivity contribution is 9.18. The minimum atomic E-state index is -0.265. The van der Waals surface area contributed by atoms with E-state index in [0.717, 1.165) is 0 Å². The summed E-state index contributed by atoms with van der Waals surface area (Å²) in [5.41, 5.74) is 0.692. The zero-order valence-electron chi connectivity index (χ0n) is 7.01. The van der Waals surface area contributed by atoms with Crippen LogP contribution in [-0.2, 0) is 11.2 Å². The van der Waals surface area contributed by atoms with Crippen molar-refractivity contribution >= 4 is 32.4 Å². The molecule has 0 radical (unpaired) electrons. The predicted octanol–water partition coefficient (Wildman–Crippen LogP) is 3.01. The number of thioether (sulfide) groups is 1. The first-order valence-corrected chi connectivity index (χ1v) is 5.66. The molecule has 0 N–H and O–H groups in total. The van der Waals surface area contributed by atoms with Crippen LogP contribution in [0.5, 0.6) is 0 Å². The molecule has 0 fully saturated rings. The van der Waals surface area contributed by atoms with Crippen LogP contribution < -0.4 is 0 Å². The molecule has 0 aliphatic heterocycles. The van der Waals surface area contributed by atoms with Crippen molar-refractivity contribution in [3.8, 4) is 0 Å². The average molecular weight is 263 g/mol. The maximum Gasteiger partial charge on any atom is 0.202 e. The van der Waals surface area contributed by atoms with E-state index >= 15 is 0 Å². The minimum absolute atomic E-state index is 0.135. The van der Waals surface area contributed by atoms with Crippen molar-refractivity contribution < 1.29 is 9.18 Å². The third kappa shape index (κ3) is 3.12. The van der Waals surface area contributed by atoms with Gasteiger partial charge in [0, 0.05) is 11.3 Å². The Labute approximate surface area is 88.8 Å². The van der Waals surface area contributed by atoms with Crippen molar-refractivity contribution in [2.45, 2.75) is 11.3 Å². The third-order valence-corrected chi connectivity index (χ3v) is 2.61. The lowest BCUT2D eigenvalue weighted by Crippen LogP contribution is -1.94. The fourth-order valence-electron chi connectivity index (χ4n) is 0.980. The summed E-state index contributed by atoms with van der Waals surface area (Å²) in [6.45, 7) is 0. The highest BCUT2D eigenvalue weighted by Crippen LogP contribution is 2.20. The van der Waals surface area contributed by atoms with E-state index in [4.69, 9.17) is 0 Å². The molecule has 70 valence electrons. The second-order valence-corrected chi connectivity index (χ2v) is 4.23. The van der Waals surface area contributed by atoms with Gasteiger partial charge in [-0.2, -0.15) is 0 Å². The molecule has 0 aromatic heterocycles. The van der Waals surface area contributed by atoms with Gasteiger partial charge >= 0.3 is 0 Å². The largest absolute Gasteiger partial charge is 0.286 e. The highest BCUT2D eigenvalue weighted by atomic mass is 79.9. The number of rotatable bonds is 3. The molecule has 1 aromatic carbocycles. The second kappa shape index (κ2) is 4.77. The fraction of sp³-hybridized carbons (Fsp3) is 0.222. The van der Waals surface area contributed by atoms with Crippen LogP contribution in [-0.4, -0.2) is 10.9 Å². The van der Waals surface area contributed by atoms with E-state index in [-0.39, 0.29) is 16.9 Å². The normalized spacial score (nSPS) is 10.1. The lowest BCUT2D eigenvalue weighted by atomic mass is 10.2. The van der Waals surface area contributed by atoms with Crippen LogP contribution in [0.15, 0.2) is 23.1 Å². The molecular formula is C9H8BrFOS. The van der Waals surface area contributed by atoms with Gasteiger partial charge < -0.3 is 0 Å². The topological polar surface area (TPSA) is 17.1 Å². The SMILES string of the molecule is CSc1ccc(CC(=O)Br)cc1F. The summed E-state index contributed by atoms with van der Waals surface area (Å²) in [5, 5.41) is 0. The molecule has 0 saturated carbocycles. The molecule has 0 aliphatic rings. The summed E-state index contributed by atoms with van der Waals surface area (Å²) in [4.78, 5) is 11.3. The van der Waals surface area contributed by atoms with Crippen LogP contribution in [0.4, 0.5) is 4.39 Å². The van der Waals surface area contributed by atoms with Crippen molar-refractivity contribution in [3.05, 3.63) is 29.6 Å². The van der Waals surface area contributed by atoms with Gasteiger partial charge in [0.05, 0.1) is 0 Å². The van der Waals surface area contributed by atoms with Crippen molar-refractivity contribution in [1.82, 2.24) is 0 Å². The molecular weight excluding hydrogens is 255 g/mol. The molecule has 0 saturated heterocycles. The average Bonchev–Trinajstić information content (AvgIpc) is 2.03. The molecule has 0 spiro atoms. The molecule has 1 aromatic rings. The summed E-state index contributed by atoms with van der Waals surface area (Å²) in [6.07, 6.45) is 2.04. The summed E-state index contributed by atoms with van der Waals surface area (Å²) >= 11 is 4.16. The minimum Gasteiger partial charge on any atom is -0.286 e. The molecule has 0 atom stereocenters. The Balaban J connectivity index is 2.89. The number of halogens is 2. The van der Waals surface area contributed by atoms with Gasteiger partial charge in [-0.1, -0.05) is 6.07 Å². The van der Waals surface area contributed by atoms with E-state index in [2.05, 4.69) is 15.9 Å². The van der Waals surface area contributed by atoms with Gasteiger partial charge in [0.1, 0.15) is 5.82 Å². The first-order chi connectivity index (χ1) is 6.13. The molecule has 0 amide bonds. The number of hydrogen-bond acceptors (Lipinski definition) is 2. The summed E-state index contributed by atoms with van der Waals surface area (Å²) in [7, 11) is 0. The van der Waals surface area contributed by atoms with Gasteiger partial charge in [-0.15, -0.1) is 11.8 Å². The van der Waals surface area contributed by atoms with E-state index in [1.165, 1.54) is 17.8 Å². The van der Waals surface area contributed by atoms with Crippen molar-refractivity contribution in [2.75, 3.05) is 6.26 Å². The second-order valence-electron chi connectivity index (χ2n) is 2.50. The standard InChI is InChI=1S/C9H8BrFOS/c1-13-8-3-2-6(4-7(8)11)5-9(10)12/h2-4H,5H2,1H3. The maximum atomic E-state index is 13.2. The number of hydrogen-bond donors (Lipinski definition) is 0. The summed E-state index contributed by atoms with van der Waals surface area (Å²) in [5.74, 6) is -0.265. The monoisotopic (exact) mass is 262 g/mol. The Morgan fingerprint density at radius 2 is 2.31 bits per heavy atom. The Morgan fingerprint density at radius 3 is 2.77 bits per heavy atom. The number of carbonyl (C=O) groups excluding carboxylic acids is 1. The first-order valence-electron chi connectivity index (χ1n) is 3.64. The van der Waals surface area contributed by atoms with Crippen LogP contribution in [0, 0.1) is 5.82 Å². The Bertz CT molecular complexity index is 327. The van der Waals surface area contributed by atoms with Crippen LogP contribution in [0.2, 0.25) is 0 Å². The molecule has 1 rings (SSSR count). The summed E-state index contributed by atoms with van der Waals surface area (Å²) < 4.78 is 13.0. The lowest BCUT2D eigenvalue weighted by Gasteiger charge is -2.01. The molecule has 0 heterocycles. The van der Waals surface area contributed by atoms with Crippen LogP contribution >= 0.6 is 27.7 Å². The molecule has 13 heavy (non-hydrogen) atoms. The molecule has 1 nitrogen and oxygen atoms in total. The van der Waals surface area contributed by atoms with Crippen LogP contribution in [0.3, 0.4) is 0 Å². The lowest BCUT2D eigenvalue weighted by molar-refractivity contribution is -0.109. The van der Waals surface area contributed by atoms with E-state index < -0.39 is 0 Å². The zero-order valence-corrected chi connectivity index (χ0v) is 9.41. The van der Waals surface area contributed by atoms with Gasteiger partial charge in [-0.05, 0) is 39.9 Å². The number of carbonyl (C=O) groups is 1. The Hall–Kier alpha value is -0.350. The zero-order chi connectivity index (χ0) is 9.84. The smallest absolute Gasteiger partial charge is 0.202 e. The molecule has 0 unspecified atom stereocenters. The van der Waals surface area contributed by atoms with Gasteiger partial charge in [0.25, 0.3) is 0 Å². The quantitative estimate of drug-likeness (QED) is 0.616. The first kappa shape index (κ1) is 10.7. The highest BCUT2D eigenvalue weighted by Gasteiger charge is 2.04. The fourth-order valence-corrected chi connectivity index (χ4v) is 1.76. The molecule has 0 aliphatic carbocycles. The van der Waals surface area contributed by atoms with E-state index in [0.29, 0.717) is 10.5 Å². The van der Waals surface area contributed by atoms with Crippen molar-refractivity contribution in [2.24, 2.45) is 0 Å². The van der Waals surface area contributed by atoms with Gasteiger partial charge in [-0.3, -0.25) is 4.79 Å². The van der Waals surface area contributed by atoms with E-state index in [1.54, 1.807) is 12.1 Å². The van der Waals surface area contributed by atoms with Crippen LogP contribution in [0.1, 0.15) is 5.56 Å². The van der Waals surface area contributed by atoms with Gasteiger partial charge in [0.2, 0.25) is 4.69 Å². The van der Waals surface area contributed by atoms with Gasteiger partial charge in [0.15, 0.2) is 0 Å². The van der Waals surface area contributed by atoms with Crippen molar-refractivity contribution in [1.29, 1.82) is 0 Å². The molecule has 0 bridgehead atoms. The summed E-state index contributed by atoms with van der Waals surface area (Å²) in [6, 6.07) is 4.84.